The second-order valence-corrected chi connectivity index (χ2v) is 2.58. The van der Waals surface area contributed by atoms with Crippen molar-refractivity contribution in [3.05, 3.63) is 36.6 Å². The fraction of sp³-hybridized carbons (Fsp3) is 0. The van der Waals surface area contributed by atoms with Gasteiger partial charge in [-0.1, -0.05) is 0 Å². The SMILES string of the molecule is O=C(O)c1ncc(-c2cccnc2)o1.[H-].[Li+]. The predicted octanol–water partition coefficient (Wildman–Crippen LogP) is -1.45. The van der Waals surface area contributed by atoms with E-state index in [-0.39, 0.29) is 26.2 Å². The average Bonchev–Trinajstić information content (AvgIpc) is 2.68. The van der Waals surface area contributed by atoms with Crippen molar-refractivity contribution < 1.29 is 34.6 Å². The molecule has 2 heterocycles. The monoisotopic (exact) mass is 198 g/mol. The van der Waals surface area contributed by atoms with Gasteiger partial charge < -0.3 is 11.0 Å². The van der Waals surface area contributed by atoms with Gasteiger partial charge in [0.15, 0.2) is 5.76 Å². The molecule has 15 heavy (non-hydrogen) atoms. The number of hydrogen-bond donors (Lipinski definition) is 1. The molecule has 0 unspecified atom stereocenters. The number of aromatic carboxylic acids is 1. The van der Waals surface area contributed by atoms with Gasteiger partial charge in [-0.2, -0.15) is 0 Å². The van der Waals surface area contributed by atoms with Crippen LogP contribution in [0.5, 0.6) is 0 Å². The van der Waals surface area contributed by atoms with Crippen LogP contribution in [0.15, 0.2) is 35.1 Å². The van der Waals surface area contributed by atoms with Gasteiger partial charge in [0.2, 0.25) is 0 Å². The first-order chi connectivity index (χ1) is 6.77. The first-order valence-electron chi connectivity index (χ1n) is 3.87. The van der Waals surface area contributed by atoms with Gasteiger partial charge in [-0.3, -0.25) is 4.98 Å². The zero-order valence-electron chi connectivity index (χ0n) is 9.04. The van der Waals surface area contributed by atoms with E-state index in [1.165, 1.54) is 6.20 Å². The van der Waals surface area contributed by atoms with Crippen molar-refractivity contribution in [1.29, 1.82) is 0 Å². The van der Waals surface area contributed by atoms with Gasteiger partial charge in [-0.05, 0) is 12.1 Å². The summed E-state index contributed by atoms with van der Waals surface area (Å²) >= 11 is 0. The Morgan fingerprint density at radius 1 is 1.47 bits per heavy atom. The summed E-state index contributed by atoms with van der Waals surface area (Å²) in [6, 6.07) is 3.50. The van der Waals surface area contributed by atoms with Crippen LogP contribution >= 0.6 is 0 Å². The van der Waals surface area contributed by atoms with E-state index in [9.17, 15) is 4.79 Å². The number of carboxylic acid groups (broad SMARTS) is 1. The first kappa shape index (κ1) is 11.5. The molecule has 0 aliphatic rings. The molecule has 72 valence electrons. The summed E-state index contributed by atoms with van der Waals surface area (Å²) in [6.07, 6.45) is 4.56. The number of nitrogens with zero attached hydrogens (tertiary/aromatic N) is 2. The largest absolute Gasteiger partial charge is 1.00 e. The van der Waals surface area contributed by atoms with Gasteiger partial charge in [-0.25, -0.2) is 9.78 Å². The first-order valence-corrected chi connectivity index (χ1v) is 3.87. The minimum atomic E-state index is -1.18. The Balaban J connectivity index is 0.00000112. The molecule has 0 fully saturated rings. The van der Waals surface area contributed by atoms with Gasteiger partial charge >= 0.3 is 30.7 Å². The number of hydrogen-bond acceptors (Lipinski definition) is 4. The minimum absolute atomic E-state index is 0. The summed E-state index contributed by atoms with van der Waals surface area (Å²) in [5.41, 5.74) is 0.701. The number of oxazole rings is 1. The molecule has 0 atom stereocenters. The summed E-state index contributed by atoms with van der Waals surface area (Å²) in [4.78, 5) is 18.0. The second-order valence-electron chi connectivity index (χ2n) is 2.58. The zero-order chi connectivity index (χ0) is 9.97. The molecule has 0 aliphatic carbocycles. The summed E-state index contributed by atoms with van der Waals surface area (Å²) in [6.45, 7) is 0. The predicted molar refractivity (Wildman–Crippen MR) is 47.8 cm³/mol. The van der Waals surface area contributed by atoms with Crippen LogP contribution in [0.2, 0.25) is 0 Å². The molecule has 0 radical (unpaired) electrons. The molecule has 0 spiro atoms. The average molecular weight is 198 g/mol. The molecular weight excluding hydrogens is 191 g/mol. The van der Waals surface area contributed by atoms with Crippen LogP contribution in [0, 0.1) is 0 Å². The van der Waals surface area contributed by atoms with Crippen molar-refractivity contribution in [2.45, 2.75) is 0 Å². The Hall–Kier alpha value is -1.57. The van der Waals surface area contributed by atoms with E-state index in [1.54, 1.807) is 24.5 Å². The van der Waals surface area contributed by atoms with Gasteiger partial charge in [0, 0.05) is 18.0 Å². The van der Waals surface area contributed by atoms with E-state index in [0.717, 1.165) is 0 Å². The summed E-state index contributed by atoms with van der Waals surface area (Å²) in [7, 11) is 0. The molecule has 2 rings (SSSR count). The van der Waals surface area contributed by atoms with E-state index < -0.39 is 5.97 Å². The molecule has 6 heteroatoms. The van der Waals surface area contributed by atoms with Crippen LogP contribution in [0.4, 0.5) is 0 Å². The maximum absolute atomic E-state index is 10.5. The van der Waals surface area contributed by atoms with Gasteiger partial charge in [0.1, 0.15) is 0 Å². The minimum Gasteiger partial charge on any atom is -1.00 e. The van der Waals surface area contributed by atoms with E-state index in [4.69, 9.17) is 9.52 Å². The maximum Gasteiger partial charge on any atom is 1.00 e. The van der Waals surface area contributed by atoms with Gasteiger partial charge in [0.05, 0.1) is 6.20 Å². The van der Waals surface area contributed by atoms with Crippen molar-refractivity contribution in [2.24, 2.45) is 0 Å². The second kappa shape index (κ2) is 4.78. The normalized spacial score (nSPS) is 9.33. The number of carboxylic acids is 1. The quantitative estimate of drug-likeness (QED) is 0.597. The molecule has 0 amide bonds. The third kappa shape index (κ3) is 2.46. The molecule has 0 aromatic carbocycles. The molecular formula is C9H7LiN2O3. The van der Waals surface area contributed by atoms with E-state index in [2.05, 4.69) is 9.97 Å². The number of pyridine rings is 1. The van der Waals surface area contributed by atoms with Crippen LogP contribution in [0.3, 0.4) is 0 Å². The van der Waals surface area contributed by atoms with E-state index >= 15 is 0 Å². The summed E-state index contributed by atoms with van der Waals surface area (Å²) in [5, 5.41) is 8.57. The molecule has 0 saturated heterocycles. The van der Waals surface area contributed by atoms with Crippen molar-refractivity contribution in [1.82, 2.24) is 9.97 Å². The topological polar surface area (TPSA) is 76.2 Å². The Morgan fingerprint density at radius 3 is 2.80 bits per heavy atom. The fourth-order valence-corrected chi connectivity index (χ4v) is 1.01. The maximum atomic E-state index is 10.5. The van der Waals surface area contributed by atoms with Crippen LogP contribution < -0.4 is 18.9 Å². The van der Waals surface area contributed by atoms with Crippen molar-refractivity contribution in [3.8, 4) is 11.3 Å². The van der Waals surface area contributed by atoms with Crippen molar-refractivity contribution in [2.75, 3.05) is 0 Å². The van der Waals surface area contributed by atoms with Crippen LogP contribution in [-0.4, -0.2) is 21.0 Å². The molecule has 2 aromatic heterocycles. The van der Waals surface area contributed by atoms with Crippen molar-refractivity contribution >= 4 is 5.97 Å². The molecule has 0 bridgehead atoms. The molecule has 5 nitrogen and oxygen atoms in total. The Labute approximate surface area is 98.8 Å². The smallest absolute Gasteiger partial charge is 1.00 e. The third-order valence-corrected chi connectivity index (χ3v) is 1.63. The zero-order valence-corrected chi connectivity index (χ0v) is 8.04. The Kier molecular flexibility index (Phi) is 3.66. The fourth-order valence-electron chi connectivity index (χ4n) is 1.01. The van der Waals surface area contributed by atoms with Crippen molar-refractivity contribution in [3.63, 3.8) is 0 Å². The van der Waals surface area contributed by atoms with E-state index in [0.29, 0.717) is 11.3 Å². The molecule has 0 saturated carbocycles. The van der Waals surface area contributed by atoms with Crippen LogP contribution in [0.25, 0.3) is 11.3 Å². The number of rotatable bonds is 2. The number of aromatic nitrogens is 2. The molecule has 1 N–H and O–H groups in total. The van der Waals surface area contributed by atoms with Crippen LogP contribution in [0.1, 0.15) is 12.1 Å². The summed E-state index contributed by atoms with van der Waals surface area (Å²) in [5.74, 6) is -1.10. The molecule has 2 aromatic rings. The third-order valence-electron chi connectivity index (χ3n) is 1.63. The standard InChI is InChI=1S/C9H6N2O3.Li.H/c12-9(13)8-11-5-7(14-8)6-2-1-3-10-4-6;;/h1-5H,(H,12,13);;/q;+1;-1. The molecule has 0 aliphatic heterocycles. The van der Waals surface area contributed by atoms with Gasteiger partial charge in [0.25, 0.3) is 0 Å². The Morgan fingerprint density at radius 2 is 2.27 bits per heavy atom. The van der Waals surface area contributed by atoms with Gasteiger partial charge in [-0.15, -0.1) is 0 Å². The van der Waals surface area contributed by atoms with Crippen LogP contribution in [-0.2, 0) is 0 Å². The summed E-state index contributed by atoms with van der Waals surface area (Å²) < 4.78 is 4.98. The van der Waals surface area contributed by atoms with E-state index in [1.807, 2.05) is 0 Å². The Bertz CT molecular complexity index is 461. The number of carbonyl (C=O) groups is 1.